The SMILES string of the molecule is C=CCC1=CCC(O)(CO)C=C1. The van der Waals surface area contributed by atoms with Crippen molar-refractivity contribution in [3.05, 3.63) is 36.5 Å². The Morgan fingerprint density at radius 2 is 2.42 bits per heavy atom. The van der Waals surface area contributed by atoms with Crippen LogP contribution in [-0.2, 0) is 0 Å². The molecule has 0 heterocycles. The van der Waals surface area contributed by atoms with Gasteiger partial charge < -0.3 is 10.2 Å². The standard InChI is InChI=1S/C10H14O2/c1-2-3-9-4-6-10(12,8-11)7-5-9/h2,4-6,11-12H,1,3,7-8H2. The van der Waals surface area contributed by atoms with Crippen molar-refractivity contribution in [3.63, 3.8) is 0 Å². The maximum Gasteiger partial charge on any atom is 0.109 e. The summed E-state index contributed by atoms with van der Waals surface area (Å²) in [5, 5.41) is 18.4. The van der Waals surface area contributed by atoms with Gasteiger partial charge in [-0.3, -0.25) is 0 Å². The smallest absolute Gasteiger partial charge is 0.109 e. The molecule has 0 fully saturated rings. The van der Waals surface area contributed by atoms with E-state index < -0.39 is 5.60 Å². The van der Waals surface area contributed by atoms with Crippen LogP contribution in [-0.4, -0.2) is 22.4 Å². The lowest BCUT2D eigenvalue weighted by atomic mass is 9.92. The van der Waals surface area contributed by atoms with Gasteiger partial charge in [-0.2, -0.15) is 0 Å². The molecule has 2 heteroatoms. The summed E-state index contributed by atoms with van der Waals surface area (Å²) in [4.78, 5) is 0. The summed E-state index contributed by atoms with van der Waals surface area (Å²) in [6.45, 7) is 3.40. The van der Waals surface area contributed by atoms with Crippen molar-refractivity contribution in [3.8, 4) is 0 Å². The number of aliphatic hydroxyl groups excluding tert-OH is 1. The average Bonchev–Trinajstić information content (AvgIpc) is 2.10. The van der Waals surface area contributed by atoms with Crippen molar-refractivity contribution in [2.75, 3.05) is 6.61 Å². The third kappa shape index (κ3) is 2.06. The molecule has 1 rings (SSSR count). The van der Waals surface area contributed by atoms with Crippen molar-refractivity contribution in [1.29, 1.82) is 0 Å². The van der Waals surface area contributed by atoms with Crippen LogP contribution in [0.3, 0.4) is 0 Å². The van der Waals surface area contributed by atoms with E-state index >= 15 is 0 Å². The molecule has 0 saturated heterocycles. The molecule has 0 aliphatic heterocycles. The van der Waals surface area contributed by atoms with Crippen molar-refractivity contribution in [2.45, 2.75) is 18.4 Å². The maximum absolute atomic E-state index is 9.56. The highest BCUT2D eigenvalue weighted by molar-refractivity contribution is 5.29. The van der Waals surface area contributed by atoms with Gasteiger partial charge in [-0.05, 0) is 12.0 Å². The Kier molecular flexibility index (Phi) is 2.84. The van der Waals surface area contributed by atoms with Crippen LogP contribution in [0.2, 0.25) is 0 Å². The second-order valence-corrected chi connectivity index (χ2v) is 3.07. The number of aliphatic hydroxyl groups is 2. The minimum atomic E-state index is -1.04. The molecule has 2 N–H and O–H groups in total. The molecule has 66 valence electrons. The molecule has 1 unspecified atom stereocenters. The molecule has 0 aromatic carbocycles. The van der Waals surface area contributed by atoms with Gasteiger partial charge in [0.15, 0.2) is 0 Å². The number of hydrogen-bond acceptors (Lipinski definition) is 2. The Labute approximate surface area is 72.5 Å². The average molecular weight is 166 g/mol. The van der Waals surface area contributed by atoms with Crippen LogP contribution < -0.4 is 0 Å². The Balaban J connectivity index is 2.60. The molecule has 12 heavy (non-hydrogen) atoms. The molecular formula is C10H14O2. The fourth-order valence-electron chi connectivity index (χ4n) is 1.14. The van der Waals surface area contributed by atoms with E-state index in [9.17, 15) is 5.11 Å². The lowest BCUT2D eigenvalue weighted by molar-refractivity contribution is 0.0287. The topological polar surface area (TPSA) is 40.5 Å². The highest BCUT2D eigenvalue weighted by atomic mass is 16.3. The second-order valence-electron chi connectivity index (χ2n) is 3.07. The molecule has 0 aromatic rings. The molecule has 0 amide bonds. The van der Waals surface area contributed by atoms with Gasteiger partial charge >= 0.3 is 0 Å². The minimum absolute atomic E-state index is 0.221. The summed E-state index contributed by atoms with van der Waals surface area (Å²) in [7, 11) is 0. The van der Waals surface area contributed by atoms with E-state index in [0.29, 0.717) is 6.42 Å². The maximum atomic E-state index is 9.56. The molecule has 1 aliphatic rings. The third-order valence-corrected chi connectivity index (χ3v) is 1.98. The van der Waals surface area contributed by atoms with Crippen molar-refractivity contribution < 1.29 is 10.2 Å². The molecule has 0 spiro atoms. The van der Waals surface area contributed by atoms with Crippen LogP contribution in [0.15, 0.2) is 36.5 Å². The van der Waals surface area contributed by atoms with Crippen LogP contribution in [0.1, 0.15) is 12.8 Å². The Morgan fingerprint density at radius 3 is 2.83 bits per heavy atom. The van der Waals surface area contributed by atoms with Gasteiger partial charge in [-0.25, -0.2) is 0 Å². The van der Waals surface area contributed by atoms with E-state index in [2.05, 4.69) is 6.58 Å². The van der Waals surface area contributed by atoms with Crippen LogP contribution in [0.25, 0.3) is 0 Å². The summed E-state index contributed by atoms with van der Waals surface area (Å²) < 4.78 is 0. The second kappa shape index (κ2) is 3.70. The zero-order chi connectivity index (χ0) is 9.03. The van der Waals surface area contributed by atoms with Crippen LogP contribution in [0, 0.1) is 0 Å². The van der Waals surface area contributed by atoms with E-state index in [1.807, 2.05) is 18.2 Å². The molecule has 1 aliphatic carbocycles. The fourth-order valence-corrected chi connectivity index (χ4v) is 1.14. The lowest BCUT2D eigenvalue weighted by Crippen LogP contribution is -2.31. The van der Waals surface area contributed by atoms with E-state index in [-0.39, 0.29) is 6.61 Å². The van der Waals surface area contributed by atoms with Crippen molar-refractivity contribution in [1.82, 2.24) is 0 Å². The highest BCUT2D eigenvalue weighted by Crippen LogP contribution is 2.21. The number of allylic oxidation sites excluding steroid dienone is 3. The van der Waals surface area contributed by atoms with Gasteiger partial charge in [0.2, 0.25) is 0 Å². The quantitative estimate of drug-likeness (QED) is 0.618. The van der Waals surface area contributed by atoms with Gasteiger partial charge in [0.1, 0.15) is 5.60 Å². The first-order valence-corrected chi connectivity index (χ1v) is 4.02. The van der Waals surface area contributed by atoms with Crippen LogP contribution in [0.5, 0.6) is 0 Å². The van der Waals surface area contributed by atoms with Crippen molar-refractivity contribution in [2.24, 2.45) is 0 Å². The first kappa shape index (κ1) is 9.23. The third-order valence-electron chi connectivity index (χ3n) is 1.98. The predicted octanol–water partition coefficient (Wildman–Crippen LogP) is 1.17. The molecule has 1 atom stereocenters. The lowest BCUT2D eigenvalue weighted by Gasteiger charge is -2.23. The zero-order valence-electron chi connectivity index (χ0n) is 7.03. The molecule has 0 saturated carbocycles. The summed E-state index contributed by atoms with van der Waals surface area (Å²) >= 11 is 0. The fraction of sp³-hybridized carbons (Fsp3) is 0.400. The normalized spacial score (nSPS) is 28.3. The predicted molar refractivity (Wildman–Crippen MR) is 48.7 cm³/mol. The van der Waals surface area contributed by atoms with Crippen LogP contribution in [0.4, 0.5) is 0 Å². The number of rotatable bonds is 3. The highest BCUT2D eigenvalue weighted by Gasteiger charge is 2.23. The molecule has 0 bridgehead atoms. The van der Waals surface area contributed by atoms with Gasteiger partial charge in [0.25, 0.3) is 0 Å². The largest absolute Gasteiger partial charge is 0.393 e. The van der Waals surface area contributed by atoms with E-state index in [4.69, 9.17) is 5.11 Å². The molecule has 0 aromatic heterocycles. The summed E-state index contributed by atoms with van der Waals surface area (Å²) in [6, 6.07) is 0. The Hall–Kier alpha value is -0.860. The van der Waals surface area contributed by atoms with E-state index in [0.717, 1.165) is 12.0 Å². The van der Waals surface area contributed by atoms with Gasteiger partial charge in [0.05, 0.1) is 6.61 Å². The summed E-state index contributed by atoms with van der Waals surface area (Å²) in [6.07, 6.45) is 8.53. The van der Waals surface area contributed by atoms with Crippen LogP contribution >= 0.6 is 0 Å². The first-order valence-electron chi connectivity index (χ1n) is 4.02. The number of hydrogen-bond donors (Lipinski definition) is 2. The van der Waals surface area contributed by atoms with E-state index in [1.54, 1.807) is 6.08 Å². The molecule has 0 radical (unpaired) electrons. The van der Waals surface area contributed by atoms with Gasteiger partial charge in [-0.1, -0.05) is 24.3 Å². The molecule has 2 nitrogen and oxygen atoms in total. The van der Waals surface area contributed by atoms with Gasteiger partial charge in [0, 0.05) is 6.42 Å². The zero-order valence-corrected chi connectivity index (χ0v) is 7.03. The van der Waals surface area contributed by atoms with Gasteiger partial charge in [-0.15, -0.1) is 6.58 Å². The summed E-state index contributed by atoms with van der Waals surface area (Å²) in [5.74, 6) is 0. The first-order chi connectivity index (χ1) is 5.70. The molecular weight excluding hydrogens is 152 g/mol. The van der Waals surface area contributed by atoms with E-state index in [1.165, 1.54) is 0 Å². The summed E-state index contributed by atoms with van der Waals surface area (Å²) in [5.41, 5.74) is 0.105. The Morgan fingerprint density at radius 1 is 1.67 bits per heavy atom. The Bertz CT molecular complexity index is 228. The minimum Gasteiger partial charge on any atom is -0.393 e. The van der Waals surface area contributed by atoms with Crippen molar-refractivity contribution >= 4 is 0 Å². The monoisotopic (exact) mass is 166 g/mol.